The number of H-pyrrole nitrogens is 1. The van der Waals surface area contributed by atoms with E-state index in [1.54, 1.807) is 30.3 Å². The molecule has 3 heterocycles. The Kier molecular flexibility index (Phi) is 5.78. The molecule has 0 bridgehead atoms. The number of hydrogen-bond acceptors (Lipinski definition) is 6. The Hall–Kier alpha value is -3.72. The zero-order valence-electron chi connectivity index (χ0n) is 18.2. The van der Waals surface area contributed by atoms with Crippen LogP contribution in [0, 0.1) is 5.82 Å². The molecule has 0 radical (unpaired) electrons. The Labute approximate surface area is 189 Å². The molecule has 4 aromatic rings. The molecule has 8 nitrogen and oxygen atoms in total. The second-order valence-electron chi connectivity index (χ2n) is 7.95. The lowest BCUT2D eigenvalue weighted by Crippen LogP contribution is -2.28. The molecule has 1 amide bonds. The van der Waals surface area contributed by atoms with Crippen molar-refractivity contribution in [1.29, 1.82) is 0 Å². The highest BCUT2D eigenvalue weighted by molar-refractivity contribution is 5.84. The number of ether oxygens (including phenoxy) is 2. The molecule has 0 saturated carbocycles. The number of carbonyl (C=O) groups is 1. The summed E-state index contributed by atoms with van der Waals surface area (Å²) in [6.45, 7) is 2.23. The molecule has 170 valence electrons. The van der Waals surface area contributed by atoms with Crippen LogP contribution in [0.2, 0.25) is 0 Å². The van der Waals surface area contributed by atoms with Crippen molar-refractivity contribution in [1.82, 2.24) is 25.2 Å². The second-order valence-corrected chi connectivity index (χ2v) is 7.95. The van der Waals surface area contributed by atoms with Gasteiger partial charge in [-0.1, -0.05) is 6.07 Å². The van der Waals surface area contributed by atoms with E-state index in [0.717, 1.165) is 28.6 Å². The molecule has 1 aliphatic heterocycles. The van der Waals surface area contributed by atoms with Crippen LogP contribution in [0.3, 0.4) is 0 Å². The lowest BCUT2D eigenvalue weighted by atomic mass is 10.0. The summed E-state index contributed by atoms with van der Waals surface area (Å²) in [4.78, 5) is 25.9. The van der Waals surface area contributed by atoms with E-state index >= 15 is 0 Å². The molecule has 0 spiro atoms. The van der Waals surface area contributed by atoms with Crippen molar-refractivity contribution in [2.75, 3.05) is 26.7 Å². The number of cyclic esters (lactones) is 1. The Bertz CT molecular complexity index is 1310. The van der Waals surface area contributed by atoms with Crippen LogP contribution in [-0.2, 0) is 11.3 Å². The number of aromatic amines is 1. The molecular formula is C24H24FN5O3. The van der Waals surface area contributed by atoms with Crippen LogP contribution >= 0.6 is 0 Å². The third kappa shape index (κ3) is 4.31. The van der Waals surface area contributed by atoms with Gasteiger partial charge in [-0.3, -0.25) is 4.98 Å². The third-order valence-corrected chi connectivity index (χ3v) is 5.80. The average Bonchev–Trinajstić information content (AvgIpc) is 3.42. The number of halogens is 1. The summed E-state index contributed by atoms with van der Waals surface area (Å²) in [7, 11) is 1.62. The number of hydrogen-bond donors (Lipinski definition) is 2. The zero-order chi connectivity index (χ0) is 22.8. The van der Waals surface area contributed by atoms with Crippen molar-refractivity contribution < 1.29 is 18.7 Å². The predicted molar refractivity (Wildman–Crippen MR) is 121 cm³/mol. The number of fused-ring (bicyclic) bond motifs is 2. The van der Waals surface area contributed by atoms with Gasteiger partial charge < -0.3 is 24.7 Å². The SMILES string of the molecule is COc1ccc2nccc([C@@H]3CN(CCCNCc4nc5c(F)cccc5[nH]4)C(=O)O3)c2c1. The number of para-hydroxylation sites is 1. The Morgan fingerprint density at radius 2 is 2.21 bits per heavy atom. The van der Waals surface area contributed by atoms with Gasteiger partial charge >= 0.3 is 6.09 Å². The van der Waals surface area contributed by atoms with Crippen molar-refractivity contribution in [3.05, 3.63) is 65.9 Å². The molecule has 1 fully saturated rings. The third-order valence-electron chi connectivity index (χ3n) is 5.80. The second kappa shape index (κ2) is 9.03. The lowest BCUT2D eigenvalue weighted by molar-refractivity contribution is 0.133. The number of nitrogens with zero attached hydrogens (tertiary/aromatic N) is 3. The number of pyridine rings is 1. The van der Waals surface area contributed by atoms with E-state index in [0.29, 0.717) is 43.0 Å². The predicted octanol–water partition coefficient (Wildman–Crippen LogP) is 3.93. The zero-order valence-corrected chi connectivity index (χ0v) is 18.2. The summed E-state index contributed by atoms with van der Waals surface area (Å²) in [5, 5.41) is 4.20. The van der Waals surface area contributed by atoms with Gasteiger partial charge in [0.1, 0.15) is 23.2 Å². The summed E-state index contributed by atoms with van der Waals surface area (Å²) in [5.41, 5.74) is 2.78. The van der Waals surface area contributed by atoms with Crippen LogP contribution in [0.1, 0.15) is 23.9 Å². The fourth-order valence-electron chi connectivity index (χ4n) is 4.14. The van der Waals surface area contributed by atoms with E-state index in [1.165, 1.54) is 6.07 Å². The molecule has 0 aliphatic carbocycles. The average molecular weight is 449 g/mol. The molecule has 1 aliphatic rings. The summed E-state index contributed by atoms with van der Waals surface area (Å²) < 4.78 is 24.8. The van der Waals surface area contributed by atoms with Crippen molar-refractivity contribution in [2.24, 2.45) is 0 Å². The topological polar surface area (TPSA) is 92.4 Å². The molecular weight excluding hydrogens is 425 g/mol. The van der Waals surface area contributed by atoms with Gasteiger partial charge in [-0.05, 0) is 49.4 Å². The molecule has 2 N–H and O–H groups in total. The first-order valence-electron chi connectivity index (χ1n) is 10.8. The quantitative estimate of drug-likeness (QED) is 0.396. The van der Waals surface area contributed by atoms with Crippen LogP contribution in [0.4, 0.5) is 9.18 Å². The largest absolute Gasteiger partial charge is 0.497 e. The highest BCUT2D eigenvalue weighted by Crippen LogP contribution is 2.32. The summed E-state index contributed by atoms with van der Waals surface area (Å²) >= 11 is 0. The monoisotopic (exact) mass is 449 g/mol. The number of nitrogens with one attached hydrogen (secondary N) is 2. The van der Waals surface area contributed by atoms with E-state index in [1.807, 2.05) is 24.3 Å². The summed E-state index contributed by atoms with van der Waals surface area (Å²) in [6.07, 6.45) is 1.81. The first kappa shape index (κ1) is 21.1. The van der Waals surface area contributed by atoms with Crippen molar-refractivity contribution >= 4 is 28.0 Å². The van der Waals surface area contributed by atoms with Crippen LogP contribution < -0.4 is 10.1 Å². The molecule has 2 aromatic heterocycles. The standard InChI is InChI=1S/C24H24FN5O3/c1-32-15-6-7-19-17(12-15)16(8-10-27-19)21-14-30(24(31)33-21)11-3-9-26-13-22-28-20-5-2-4-18(25)23(20)29-22/h2,4-8,10,12,21,26H,3,9,11,13-14H2,1H3,(H,28,29)/t21-/m0/s1. The minimum Gasteiger partial charge on any atom is -0.497 e. The molecule has 1 saturated heterocycles. The van der Waals surface area contributed by atoms with Gasteiger partial charge in [0.05, 0.1) is 31.2 Å². The fourth-order valence-corrected chi connectivity index (χ4v) is 4.14. The molecule has 0 unspecified atom stereocenters. The summed E-state index contributed by atoms with van der Waals surface area (Å²) in [6, 6.07) is 12.4. The van der Waals surface area contributed by atoms with E-state index in [-0.39, 0.29) is 18.0 Å². The Balaban J connectivity index is 1.15. The maximum atomic E-state index is 13.8. The lowest BCUT2D eigenvalue weighted by Gasteiger charge is -2.14. The van der Waals surface area contributed by atoms with Gasteiger partial charge in [0.15, 0.2) is 5.82 Å². The molecule has 5 rings (SSSR count). The van der Waals surface area contributed by atoms with Crippen LogP contribution in [0.25, 0.3) is 21.9 Å². The Morgan fingerprint density at radius 3 is 3.06 bits per heavy atom. The van der Waals surface area contributed by atoms with E-state index in [9.17, 15) is 9.18 Å². The van der Waals surface area contributed by atoms with E-state index in [2.05, 4.69) is 20.3 Å². The number of aromatic nitrogens is 3. The van der Waals surface area contributed by atoms with E-state index < -0.39 is 0 Å². The minimum absolute atomic E-state index is 0.319. The number of methoxy groups -OCH3 is 1. The molecule has 9 heteroatoms. The summed E-state index contributed by atoms with van der Waals surface area (Å²) in [5.74, 6) is 1.07. The van der Waals surface area contributed by atoms with Crippen LogP contribution in [0.15, 0.2) is 48.7 Å². The minimum atomic E-state index is -0.353. The van der Waals surface area contributed by atoms with Gasteiger partial charge in [0.25, 0.3) is 0 Å². The van der Waals surface area contributed by atoms with Gasteiger partial charge in [-0.2, -0.15) is 0 Å². The smallest absolute Gasteiger partial charge is 0.410 e. The number of carbonyl (C=O) groups excluding carboxylic acids is 1. The Morgan fingerprint density at radius 1 is 1.30 bits per heavy atom. The van der Waals surface area contributed by atoms with Crippen molar-refractivity contribution in [3.63, 3.8) is 0 Å². The number of rotatable bonds is 8. The first-order chi connectivity index (χ1) is 16.1. The number of amides is 1. The van der Waals surface area contributed by atoms with Crippen LogP contribution in [-0.4, -0.2) is 52.7 Å². The molecule has 33 heavy (non-hydrogen) atoms. The molecule has 1 atom stereocenters. The number of imidazole rings is 1. The van der Waals surface area contributed by atoms with Gasteiger partial charge in [0.2, 0.25) is 0 Å². The number of benzene rings is 2. The molecule has 2 aromatic carbocycles. The first-order valence-corrected chi connectivity index (χ1v) is 10.8. The maximum absolute atomic E-state index is 13.8. The van der Waals surface area contributed by atoms with Crippen LogP contribution in [0.5, 0.6) is 5.75 Å². The normalized spacial score (nSPS) is 16.0. The van der Waals surface area contributed by atoms with Gasteiger partial charge in [-0.25, -0.2) is 14.2 Å². The highest BCUT2D eigenvalue weighted by Gasteiger charge is 2.32. The van der Waals surface area contributed by atoms with Gasteiger partial charge in [0, 0.05) is 23.7 Å². The maximum Gasteiger partial charge on any atom is 0.410 e. The van der Waals surface area contributed by atoms with E-state index in [4.69, 9.17) is 9.47 Å². The van der Waals surface area contributed by atoms with Crippen molar-refractivity contribution in [2.45, 2.75) is 19.1 Å². The van der Waals surface area contributed by atoms with Crippen molar-refractivity contribution in [3.8, 4) is 5.75 Å². The fraction of sp³-hybridized carbons (Fsp3) is 0.292. The van der Waals surface area contributed by atoms with Gasteiger partial charge in [-0.15, -0.1) is 0 Å². The highest BCUT2D eigenvalue weighted by atomic mass is 19.1.